The number of nitrogens with zero attached hydrogens (tertiary/aromatic N) is 1. The number of amides is 1. The number of non-ortho nitro benzene ring substituents is 1. The van der Waals surface area contributed by atoms with E-state index in [-0.39, 0.29) is 24.1 Å². The van der Waals surface area contributed by atoms with E-state index in [9.17, 15) is 14.9 Å². The van der Waals surface area contributed by atoms with Crippen LogP contribution in [0.2, 0.25) is 0 Å². The largest absolute Gasteiger partial charge is 0.484 e. The molecule has 2 aromatic carbocycles. The maximum Gasteiger partial charge on any atom is 0.273 e. The Hall–Kier alpha value is -2.89. The summed E-state index contributed by atoms with van der Waals surface area (Å²) in [4.78, 5) is 22.0. The van der Waals surface area contributed by atoms with Crippen LogP contribution in [0.5, 0.6) is 5.75 Å². The molecule has 23 heavy (non-hydrogen) atoms. The van der Waals surface area contributed by atoms with E-state index >= 15 is 0 Å². The highest BCUT2D eigenvalue weighted by molar-refractivity contribution is 5.77. The molecule has 1 amide bonds. The third-order valence-electron chi connectivity index (χ3n) is 3.37. The highest BCUT2D eigenvalue weighted by Crippen LogP contribution is 2.19. The molecule has 2 aromatic rings. The van der Waals surface area contributed by atoms with Gasteiger partial charge in [-0.2, -0.15) is 0 Å². The summed E-state index contributed by atoms with van der Waals surface area (Å²) >= 11 is 0. The van der Waals surface area contributed by atoms with Gasteiger partial charge in [0.1, 0.15) is 5.75 Å². The third kappa shape index (κ3) is 5.10. The molecule has 6 nitrogen and oxygen atoms in total. The van der Waals surface area contributed by atoms with Crippen molar-refractivity contribution in [2.24, 2.45) is 0 Å². The van der Waals surface area contributed by atoms with Gasteiger partial charge >= 0.3 is 0 Å². The number of hydrogen-bond donors (Lipinski definition) is 1. The lowest BCUT2D eigenvalue weighted by molar-refractivity contribution is -0.384. The summed E-state index contributed by atoms with van der Waals surface area (Å²) in [6.45, 7) is 2.35. The van der Waals surface area contributed by atoms with Gasteiger partial charge in [-0.1, -0.05) is 43.3 Å². The molecule has 0 spiro atoms. The average molecular weight is 314 g/mol. The molecule has 120 valence electrons. The van der Waals surface area contributed by atoms with Gasteiger partial charge in [0, 0.05) is 12.6 Å². The molecule has 0 heterocycles. The van der Waals surface area contributed by atoms with Crippen molar-refractivity contribution in [1.82, 2.24) is 5.32 Å². The lowest BCUT2D eigenvalue weighted by Crippen LogP contribution is -2.31. The van der Waals surface area contributed by atoms with Gasteiger partial charge in [-0.15, -0.1) is 0 Å². The second-order valence-corrected chi connectivity index (χ2v) is 5.16. The fraction of sp³-hybridized carbons (Fsp3) is 0.235. The minimum absolute atomic E-state index is 0.0689. The van der Waals surface area contributed by atoms with E-state index in [0.717, 1.165) is 5.56 Å². The molecular weight excluding hydrogens is 296 g/mol. The molecule has 0 saturated carbocycles. The standard InChI is InChI=1S/C17H18N2O4/c1-13(14-6-3-2-4-7-14)11-18-17(20)12-23-16-9-5-8-15(10-16)19(21)22/h2-10,13H,11-12H2,1H3,(H,18,20)/t13-/m1/s1. The van der Waals surface area contributed by atoms with Crippen molar-refractivity contribution in [2.45, 2.75) is 12.8 Å². The van der Waals surface area contributed by atoms with E-state index < -0.39 is 4.92 Å². The number of carbonyl (C=O) groups is 1. The number of nitro groups is 1. The van der Waals surface area contributed by atoms with Crippen molar-refractivity contribution in [2.75, 3.05) is 13.2 Å². The van der Waals surface area contributed by atoms with Crippen molar-refractivity contribution in [1.29, 1.82) is 0 Å². The van der Waals surface area contributed by atoms with Crippen molar-refractivity contribution in [3.8, 4) is 5.75 Å². The average Bonchev–Trinajstić information content (AvgIpc) is 2.58. The molecule has 0 aliphatic carbocycles. The monoisotopic (exact) mass is 314 g/mol. The minimum Gasteiger partial charge on any atom is -0.484 e. The van der Waals surface area contributed by atoms with Crippen LogP contribution in [0, 0.1) is 10.1 Å². The second kappa shape index (κ2) is 7.93. The van der Waals surface area contributed by atoms with Gasteiger partial charge in [-0.25, -0.2) is 0 Å². The number of benzene rings is 2. The number of hydrogen-bond acceptors (Lipinski definition) is 4. The fourth-order valence-electron chi connectivity index (χ4n) is 2.05. The Bertz CT molecular complexity index is 673. The molecule has 0 saturated heterocycles. The summed E-state index contributed by atoms with van der Waals surface area (Å²) in [6, 6.07) is 15.6. The van der Waals surface area contributed by atoms with Crippen molar-refractivity contribution in [3.05, 3.63) is 70.3 Å². The minimum atomic E-state index is -0.505. The molecule has 0 bridgehead atoms. The van der Waals surface area contributed by atoms with Gasteiger partial charge in [0.15, 0.2) is 6.61 Å². The van der Waals surface area contributed by atoms with Crippen molar-refractivity contribution >= 4 is 11.6 Å². The zero-order valence-corrected chi connectivity index (χ0v) is 12.8. The van der Waals surface area contributed by atoms with E-state index in [1.807, 2.05) is 37.3 Å². The normalized spacial score (nSPS) is 11.5. The smallest absolute Gasteiger partial charge is 0.273 e. The molecular formula is C17H18N2O4. The summed E-state index contributed by atoms with van der Waals surface area (Å²) < 4.78 is 5.28. The van der Waals surface area contributed by atoms with Gasteiger partial charge in [0.05, 0.1) is 11.0 Å². The SMILES string of the molecule is C[C@H](CNC(=O)COc1cccc([N+](=O)[O-])c1)c1ccccc1. The highest BCUT2D eigenvalue weighted by Gasteiger charge is 2.10. The first-order valence-electron chi connectivity index (χ1n) is 7.25. The quantitative estimate of drug-likeness (QED) is 0.629. The van der Waals surface area contributed by atoms with E-state index in [0.29, 0.717) is 12.3 Å². The van der Waals surface area contributed by atoms with Crippen LogP contribution in [0.15, 0.2) is 54.6 Å². The molecule has 0 radical (unpaired) electrons. The summed E-state index contributed by atoms with van der Waals surface area (Å²) in [5, 5.41) is 13.5. The predicted molar refractivity (Wildman–Crippen MR) is 86.5 cm³/mol. The van der Waals surface area contributed by atoms with Gasteiger partial charge in [0.25, 0.3) is 11.6 Å². The Labute approximate surface area is 134 Å². The lowest BCUT2D eigenvalue weighted by Gasteiger charge is -2.13. The first-order valence-corrected chi connectivity index (χ1v) is 7.25. The molecule has 0 aliphatic heterocycles. The number of nitrogens with one attached hydrogen (secondary N) is 1. The predicted octanol–water partition coefficient (Wildman–Crippen LogP) is 2.89. The Balaban J connectivity index is 1.79. The molecule has 0 fully saturated rings. The van der Waals surface area contributed by atoms with Crippen LogP contribution in [-0.4, -0.2) is 24.0 Å². The molecule has 1 N–H and O–H groups in total. The Morgan fingerprint density at radius 1 is 1.22 bits per heavy atom. The maximum absolute atomic E-state index is 11.8. The number of carbonyl (C=O) groups excluding carboxylic acids is 1. The zero-order valence-electron chi connectivity index (χ0n) is 12.8. The number of rotatable bonds is 7. The Morgan fingerprint density at radius 3 is 2.65 bits per heavy atom. The fourth-order valence-corrected chi connectivity index (χ4v) is 2.05. The van der Waals surface area contributed by atoms with Crippen LogP contribution >= 0.6 is 0 Å². The van der Waals surface area contributed by atoms with E-state index in [1.54, 1.807) is 6.07 Å². The van der Waals surface area contributed by atoms with Crippen molar-refractivity contribution in [3.63, 3.8) is 0 Å². The lowest BCUT2D eigenvalue weighted by atomic mass is 10.0. The van der Waals surface area contributed by atoms with Crippen molar-refractivity contribution < 1.29 is 14.5 Å². The summed E-state index contributed by atoms with van der Waals surface area (Å²) in [6.07, 6.45) is 0. The molecule has 0 aliphatic rings. The summed E-state index contributed by atoms with van der Waals surface area (Å²) in [7, 11) is 0. The number of nitro benzene ring substituents is 1. The van der Waals surface area contributed by atoms with Crippen LogP contribution in [0.3, 0.4) is 0 Å². The topological polar surface area (TPSA) is 81.5 Å². The first kappa shape index (κ1) is 16.5. The summed E-state index contributed by atoms with van der Waals surface area (Å²) in [5.74, 6) is 0.225. The Kier molecular flexibility index (Phi) is 5.68. The third-order valence-corrected chi connectivity index (χ3v) is 3.37. The van der Waals surface area contributed by atoms with Crippen LogP contribution in [0.1, 0.15) is 18.4 Å². The highest BCUT2D eigenvalue weighted by atomic mass is 16.6. The molecule has 0 unspecified atom stereocenters. The second-order valence-electron chi connectivity index (χ2n) is 5.16. The van der Waals surface area contributed by atoms with Gasteiger partial charge in [-0.3, -0.25) is 14.9 Å². The number of ether oxygens (including phenoxy) is 1. The van der Waals surface area contributed by atoms with E-state index in [1.165, 1.54) is 18.2 Å². The molecule has 6 heteroatoms. The molecule has 2 rings (SSSR count). The van der Waals surface area contributed by atoms with Gasteiger partial charge in [0.2, 0.25) is 0 Å². The van der Waals surface area contributed by atoms with Crippen LogP contribution in [0.4, 0.5) is 5.69 Å². The molecule has 1 atom stereocenters. The van der Waals surface area contributed by atoms with Gasteiger partial charge < -0.3 is 10.1 Å². The van der Waals surface area contributed by atoms with Crippen LogP contribution in [-0.2, 0) is 4.79 Å². The zero-order chi connectivity index (χ0) is 16.7. The summed E-state index contributed by atoms with van der Waals surface area (Å²) in [5.41, 5.74) is 1.08. The van der Waals surface area contributed by atoms with Crippen LogP contribution < -0.4 is 10.1 Å². The van der Waals surface area contributed by atoms with Gasteiger partial charge in [-0.05, 0) is 17.5 Å². The molecule has 0 aromatic heterocycles. The van der Waals surface area contributed by atoms with E-state index in [2.05, 4.69) is 5.32 Å². The maximum atomic E-state index is 11.8. The van der Waals surface area contributed by atoms with E-state index in [4.69, 9.17) is 4.74 Å². The first-order chi connectivity index (χ1) is 11.1. The Morgan fingerprint density at radius 2 is 1.96 bits per heavy atom. The van der Waals surface area contributed by atoms with Crippen LogP contribution in [0.25, 0.3) is 0 Å².